The molecular weight excluding hydrogens is 306 g/mol. The fourth-order valence-electron chi connectivity index (χ4n) is 3.07. The Bertz CT molecular complexity index is 1010. The second-order valence-corrected chi connectivity index (χ2v) is 5.61. The van der Waals surface area contributed by atoms with Crippen LogP contribution in [0.25, 0.3) is 21.5 Å². The van der Waals surface area contributed by atoms with Crippen molar-refractivity contribution in [2.24, 2.45) is 0 Å². The first-order valence-electron chi connectivity index (χ1n) is 7.56. The highest BCUT2D eigenvalue weighted by molar-refractivity contribution is 6.21. The second kappa shape index (κ2) is 5.53. The first kappa shape index (κ1) is 14.5. The number of carbonyl (C=O) groups excluding carboxylic acids is 1. The summed E-state index contributed by atoms with van der Waals surface area (Å²) in [6.07, 6.45) is 0. The molecule has 0 bridgehead atoms. The monoisotopic (exact) mass is 318 g/mol. The lowest BCUT2D eigenvalue weighted by Gasteiger charge is -2.10. The van der Waals surface area contributed by atoms with E-state index in [0.717, 1.165) is 0 Å². The van der Waals surface area contributed by atoms with E-state index >= 15 is 0 Å². The molecule has 0 saturated heterocycles. The van der Waals surface area contributed by atoms with Crippen molar-refractivity contribution < 1.29 is 13.6 Å². The summed E-state index contributed by atoms with van der Waals surface area (Å²) in [6.45, 7) is 0. The maximum absolute atomic E-state index is 14.0. The Kier molecular flexibility index (Phi) is 3.35. The number of rotatable bonds is 2. The third-order valence-electron chi connectivity index (χ3n) is 4.23. The lowest BCUT2D eigenvalue weighted by Crippen LogP contribution is -2.04. The highest BCUT2D eigenvalue weighted by Gasteiger charge is 2.17. The van der Waals surface area contributed by atoms with Crippen LogP contribution in [0.4, 0.5) is 8.78 Å². The minimum absolute atomic E-state index is 0.248. The van der Waals surface area contributed by atoms with E-state index in [1.807, 2.05) is 0 Å². The summed E-state index contributed by atoms with van der Waals surface area (Å²) in [6, 6.07) is 19.3. The average molecular weight is 318 g/mol. The van der Waals surface area contributed by atoms with Crippen LogP contribution >= 0.6 is 0 Å². The Morgan fingerprint density at radius 3 is 1.33 bits per heavy atom. The van der Waals surface area contributed by atoms with Crippen molar-refractivity contribution in [3.05, 3.63) is 95.6 Å². The number of halogens is 2. The van der Waals surface area contributed by atoms with Gasteiger partial charge in [0.15, 0.2) is 5.78 Å². The summed E-state index contributed by atoms with van der Waals surface area (Å²) in [4.78, 5) is 13.1. The standard InChI is InChI=1S/C21H12F2O/c22-19-11-9-17(13-5-1-3-7-15(13)19)21(24)18-10-12-20(23)16-8-4-2-6-14(16)18/h1-12H. The van der Waals surface area contributed by atoms with Crippen LogP contribution in [0.1, 0.15) is 15.9 Å². The van der Waals surface area contributed by atoms with Gasteiger partial charge < -0.3 is 0 Å². The van der Waals surface area contributed by atoms with Gasteiger partial charge in [-0.3, -0.25) is 4.79 Å². The summed E-state index contributed by atoms with van der Waals surface area (Å²) < 4.78 is 28.0. The molecule has 0 amide bonds. The molecule has 0 saturated carbocycles. The van der Waals surface area contributed by atoms with Crippen molar-refractivity contribution in [1.29, 1.82) is 0 Å². The molecule has 0 atom stereocenters. The van der Waals surface area contributed by atoms with Crippen LogP contribution in [0.2, 0.25) is 0 Å². The van der Waals surface area contributed by atoms with Gasteiger partial charge in [0, 0.05) is 21.9 Å². The molecule has 0 spiro atoms. The zero-order valence-corrected chi connectivity index (χ0v) is 12.6. The molecule has 4 aromatic rings. The molecule has 0 N–H and O–H groups in total. The van der Waals surface area contributed by atoms with Crippen LogP contribution in [-0.4, -0.2) is 5.78 Å². The van der Waals surface area contributed by atoms with Crippen molar-refractivity contribution in [1.82, 2.24) is 0 Å². The third-order valence-corrected chi connectivity index (χ3v) is 4.23. The Labute approximate surface area is 137 Å². The molecule has 0 heterocycles. The van der Waals surface area contributed by atoms with Crippen LogP contribution in [0, 0.1) is 11.6 Å². The fraction of sp³-hybridized carbons (Fsp3) is 0. The highest BCUT2D eigenvalue weighted by atomic mass is 19.1. The van der Waals surface area contributed by atoms with E-state index < -0.39 is 0 Å². The zero-order chi connectivity index (χ0) is 16.7. The Morgan fingerprint density at radius 2 is 0.917 bits per heavy atom. The van der Waals surface area contributed by atoms with Crippen molar-refractivity contribution in [3.63, 3.8) is 0 Å². The largest absolute Gasteiger partial charge is 0.289 e. The van der Waals surface area contributed by atoms with Gasteiger partial charge in [-0.05, 0) is 35.0 Å². The number of hydrogen-bond acceptors (Lipinski definition) is 1. The van der Waals surface area contributed by atoms with E-state index in [1.165, 1.54) is 24.3 Å². The molecular formula is C21H12F2O. The fourth-order valence-corrected chi connectivity index (χ4v) is 3.07. The number of fused-ring (bicyclic) bond motifs is 2. The van der Waals surface area contributed by atoms with E-state index in [2.05, 4.69) is 0 Å². The van der Waals surface area contributed by atoms with Gasteiger partial charge in [-0.2, -0.15) is 0 Å². The Hall–Kier alpha value is -3.07. The maximum Gasteiger partial charge on any atom is 0.194 e. The minimum Gasteiger partial charge on any atom is -0.289 e. The van der Waals surface area contributed by atoms with Crippen LogP contribution < -0.4 is 0 Å². The van der Waals surface area contributed by atoms with Crippen LogP contribution in [0.15, 0.2) is 72.8 Å². The number of hydrogen-bond donors (Lipinski definition) is 0. The second-order valence-electron chi connectivity index (χ2n) is 5.61. The predicted octanol–water partition coefficient (Wildman–Crippen LogP) is 5.50. The van der Waals surface area contributed by atoms with Gasteiger partial charge >= 0.3 is 0 Å². The van der Waals surface area contributed by atoms with E-state index in [1.54, 1.807) is 48.5 Å². The zero-order valence-electron chi connectivity index (χ0n) is 12.6. The molecule has 0 fully saturated rings. The van der Waals surface area contributed by atoms with Gasteiger partial charge in [-0.25, -0.2) is 8.78 Å². The molecule has 4 rings (SSSR count). The van der Waals surface area contributed by atoms with Crippen LogP contribution in [0.5, 0.6) is 0 Å². The van der Waals surface area contributed by atoms with E-state index in [9.17, 15) is 13.6 Å². The summed E-state index contributed by atoms with van der Waals surface area (Å²) in [5.74, 6) is -0.986. The van der Waals surface area contributed by atoms with Crippen molar-refractivity contribution in [2.45, 2.75) is 0 Å². The van der Waals surface area contributed by atoms with Crippen molar-refractivity contribution in [3.8, 4) is 0 Å². The lowest BCUT2D eigenvalue weighted by atomic mass is 9.93. The molecule has 0 radical (unpaired) electrons. The van der Waals surface area contributed by atoms with Crippen molar-refractivity contribution in [2.75, 3.05) is 0 Å². The van der Waals surface area contributed by atoms with Gasteiger partial charge in [0.2, 0.25) is 0 Å². The third kappa shape index (κ3) is 2.17. The SMILES string of the molecule is O=C(c1ccc(F)c2ccccc12)c1ccc(F)c2ccccc12. The molecule has 0 aliphatic heterocycles. The van der Waals surface area contributed by atoms with E-state index in [4.69, 9.17) is 0 Å². The molecule has 24 heavy (non-hydrogen) atoms. The molecule has 0 aromatic heterocycles. The molecule has 116 valence electrons. The molecule has 0 aliphatic carbocycles. The molecule has 4 aromatic carbocycles. The van der Waals surface area contributed by atoms with Gasteiger partial charge in [0.25, 0.3) is 0 Å². The topological polar surface area (TPSA) is 17.1 Å². The average Bonchev–Trinajstić information content (AvgIpc) is 2.62. The van der Waals surface area contributed by atoms with Crippen LogP contribution in [-0.2, 0) is 0 Å². The quantitative estimate of drug-likeness (QED) is 0.446. The smallest absolute Gasteiger partial charge is 0.194 e. The first-order chi connectivity index (χ1) is 11.7. The summed E-state index contributed by atoms with van der Waals surface area (Å²) in [7, 11) is 0. The first-order valence-corrected chi connectivity index (χ1v) is 7.56. The molecule has 0 unspecified atom stereocenters. The number of ketones is 1. The number of carbonyl (C=O) groups is 1. The van der Waals surface area contributed by atoms with Crippen molar-refractivity contribution >= 4 is 27.3 Å². The van der Waals surface area contributed by atoms with Gasteiger partial charge in [0.05, 0.1) is 0 Å². The summed E-state index contributed by atoms with van der Waals surface area (Å²) >= 11 is 0. The van der Waals surface area contributed by atoms with Crippen LogP contribution in [0.3, 0.4) is 0 Å². The minimum atomic E-state index is -0.369. The maximum atomic E-state index is 14.0. The normalized spacial score (nSPS) is 11.1. The lowest BCUT2D eigenvalue weighted by molar-refractivity contribution is 0.104. The summed E-state index contributed by atoms with van der Waals surface area (Å²) in [5.41, 5.74) is 0.813. The van der Waals surface area contributed by atoms with Gasteiger partial charge in [-0.15, -0.1) is 0 Å². The Morgan fingerprint density at radius 1 is 0.542 bits per heavy atom. The number of benzene rings is 4. The van der Waals surface area contributed by atoms with E-state index in [-0.39, 0.29) is 17.4 Å². The predicted molar refractivity (Wildman–Crippen MR) is 91.2 cm³/mol. The molecule has 3 heteroatoms. The molecule has 1 nitrogen and oxygen atoms in total. The summed E-state index contributed by atoms with van der Waals surface area (Å²) in [5, 5.41) is 1.90. The highest BCUT2D eigenvalue weighted by Crippen LogP contribution is 2.28. The molecule has 0 aliphatic rings. The Balaban J connectivity index is 1.99. The van der Waals surface area contributed by atoms with Gasteiger partial charge in [-0.1, -0.05) is 48.5 Å². The van der Waals surface area contributed by atoms with Gasteiger partial charge in [0.1, 0.15) is 11.6 Å². The van der Waals surface area contributed by atoms with E-state index in [0.29, 0.717) is 32.7 Å².